The molecule has 2 nitrogen and oxygen atoms in total. The Morgan fingerprint density at radius 2 is 1.94 bits per heavy atom. The Labute approximate surface area is 115 Å². The van der Waals surface area contributed by atoms with E-state index in [1.54, 1.807) is 0 Å². The van der Waals surface area contributed by atoms with Crippen molar-refractivity contribution in [1.82, 2.24) is 10.2 Å². The molecule has 2 heteroatoms. The Morgan fingerprint density at radius 3 is 2.44 bits per heavy atom. The zero-order valence-electron chi connectivity index (χ0n) is 13.4. The zero-order chi connectivity index (χ0) is 13.8. The van der Waals surface area contributed by atoms with Gasteiger partial charge in [0.1, 0.15) is 0 Å². The maximum atomic E-state index is 3.79. The first-order valence-corrected chi connectivity index (χ1v) is 7.90. The molecule has 1 fully saturated rings. The Balaban J connectivity index is 2.75. The third-order valence-corrected chi connectivity index (χ3v) is 4.47. The first-order valence-electron chi connectivity index (χ1n) is 7.90. The fourth-order valence-electron chi connectivity index (χ4n) is 3.45. The van der Waals surface area contributed by atoms with Crippen LogP contribution < -0.4 is 5.32 Å². The molecule has 2 atom stereocenters. The maximum absolute atomic E-state index is 3.79. The van der Waals surface area contributed by atoms with Crippen molar-refractivity contribution in [2.45, 2.75) is 85.4 Å². The van der Waals surface area contributed by atoms with E-state index in [4.69, 9.17) is 0 Å². The van der Waals surface area contributed by atoms with Crippen LogP contribution in [0, 0.1) is 5.41 Å². The van der Waals surface area contributed by atoms with Gasteiger partial charge in [-0.25, -0.2) is 0 Å². The smallest absolute Gasteiger partial charge is 0.0257 e. The van der Waals surface area contributed by atoms with Gasteiger partial charge in [-0.3, -0.25) is 4.90 Å². The molecule has 1 saturated carbocycles. The highest BCUT2D eigenvalue weighted by atomic mass is 15.2. The van der Waals surface area contributed by atoms with E-state index < -0.39 is 0 Å². The zero-order valence-corrected chi connectivity index (χ0v) is 13.4. The lowest BCUT2D eigenvalue weighted by Gasteiger charge is -2.47. The van der Waals surface area contributed by atoms with Gasteiger partial charge in [0.05, 0.1) is 0 Å². The summed E-state index contributed by atoms with van der Waals surface area (Å²) in [7, 11) is 0. The lowest BCUT2D eigenvalue weighted by Crippen LogP contribution is -2.56. The molecule has 1 N–H and O–H groups in total. The van der Waals surface area contributed by atoms with E-state index in [-0.39, 0.29) is 0 Å². The predicted molar refractivity (Wildman–Crippen MR) is 81.0 cm³/mol. The second kappa shape index (κ2) is 6.91. The SMILES string of the molecule is CCCNC1CCC(C)(C)CC1N(CC)C(C)C. The van der Waals surface area contributed by atoms with Crippen molar-refractivity contribution >= 4 is 0 Å². The van der Waals surface area contributed by atoms with E-state index in [9.17, 15) is 0 Å². The predicted octanol–water partition coefficient (Wildman–Crippen LogP) is 3.66. The van der Waals surface area contributed by atoms with Crippen LogP contribution in [0.25, 0.3) is 0 Å². The first-order chi connectivity index (χ1) is 8.41. The summed E-state index contributed by atoms with van der Waals surface area (Å²) in [5.41, 5.74) is 0.511. The normalized spacial score (nSPS) is 28.0. The number of likely N-dealkylation sites (N-methyl/N-ethyl adjacent to an activating group) is 1. The van der Waals surface area contributed by atoms with Crippen molar-refractivity contribution in [2.24, 2.45) is 5.41 Å². The molecular formula is C16H34N2. The molecule has 1 aliphatic carbocycles. The Kier molecular flexibility index (Phi) is 6.13. The molecule has 0 heterocycles. The highest BCUT2D eigenvalue weighted by Gasteiger charge is 2.37. The van der Waals surface area contributed by atoms with Crippen LogP contribution in [0.3, 0.4) is 0 Å². The number of hydrogen-bond donors (Lipinski definition) is 1. The first kappa shape index (κ1) is 16.0. The van der Waals surface area contributed by atoms with Crippen LogP contribution in [0.5, 0.6) is 0 Å². The molecule has 0 bridgehead atoms. The van der Waals surface area contributed by atoms with Gasteiger partial charge in [-0.05, 0) is 58.0 Å². The molecule has 0 radical (unpaired) electrons. The lowest BCUT2D eigenvalue weighted by molar-refractivity contribution is 0.0488. The van der Waals surface area contributed by atoms with Crippen molar-refractivity contribution < 1.29 is 0 Å². The summed E-state index contributed by atoms with van der Waals surface area (Å²) in [6.45, 7) is 16.4. The summed E-state index contributed by atoms with van der Waals surface area (Å²) < 4.78 is 0. The molecule has 0 aliphatic heterocycles. The van der Waals surface area contributed by atoms with Crippen molar-refractivity contribution in [1.29, 1.82) is 0 Å². The molecule has 0 saturated heterocycles. The number of hydrogen-bond acceptors (Lipinski definition) is 2. The second-order valence-electron chi connectivity index (χ2n) is 6.96. The summed E-state index contributed by atoms with van der Waals surface area (Å²) >= 11 is 0. The van der Waals surface area contributed by atoms with Crippen LogP contribution in [0.15, 0.2) is 0 Å². The Bertz CT molecular complexity index is 235. The molecule has 0 aromatic carbocycles. The fourth-order valence-corrected chi connectivity index (χ4v) is 3.45. The number of rotatable bonds is 6. The van der Waals surface area contributed by atoms with Crippen LogP contribution in [-0.4, -0.2) is 36.1 Å². The van der Waals surface area contributed by atoms with Crippen LogP contribution in [0.2, 0.25) is 0 Å². The van der Waals surface area contributed by atoms with Gasteiger partial charge in [0.25, 0.3) is 0 Å². The summed E-state index contributed by atoms with van der Waals surface area (Å²) in [4.78, 5) is 2.69. The molecule has 0 aromatic rings. The molecule has 0 spiro atoms. The monoisotopic (exact) mass is 254 g/mol. The molecule has 0 aromatic heterocycles. The highest BCUT2D eigenvalue weighted by molar-refractivity contribution is 4.95. The molecular weight excluding hydrogens is 220 g/mol. The topological polar surface area (TPSA) is 15.3 Å². The van der Waals surface area contributed by atoms with E-state index in [0.717, 1.165) is 6.54 Å². The average molecular weight is 254 g/mol. The van der Waals surface area contributed by atoms with Crippen LogP contribution >= 0.6 is 0 Å². The molecule has 0 amide bonds. The fraction of sp³-hybridized carbons (Fsp3) is 1.00. The highest BCUT2D eigenvalue weighted by Crippen LogP contribution is 2.38. The maximum Gasteiger partial charge on any atom is 0.0257 e. The van der Waals surface area contributed by atoms with Gasteiger partial charge in [-0.15, -0.1) is 0 Å². The van der Waals surface area contributed by atoms with Gasteiger partial charge in [0.2, 0.25) is 0 Å². The van der Waals surface area contributed by atoms with Crippen LogP contribution in [-0.2, 0) is 0 Å². The van der Waals surface area contributed by atoms with Gasteiger partial charge < -0.3 is 5.32 Å². The minimum atomic E-state index is 0.511. The van der Waals surface area contributed by atoms with Crippen molar-refractivity contribution in [3.05, 3.63) is 0 Å². The molecule has 1 rings (SSSR count). The third kappa shape index (κ3) is 4.24. The largest absolute Gasteiger partial charge is 0.312 e. The summed E-state index contributed by atoms with van der Waals surface area (Å²) in [5.74, 6) is 0. The van der Waals surface area contributed by atoms with Gasteiger partial charge in [-0.1, -0.05) is 27.7 Å². The van der Waals surface area contributed by atoms with E-state index in [0.29, 0.717) is 23.5 Å². The number of nitrogens with zero attached hydrogens (tertiary/aromatic N) is 1. The van der Waals surface area contributed by atoms with Gasteiger partial charge in [0.15, 0.2) is 0 Å². The Morgan fingerprint density at radius 1 is 1.28 bits per heavy atom. The molecule has 18 heavy (non-hydrogen) atoms. The molecule has 1 aliphatic rings. The van der Waals surface area contributed by atoms with Gasteiger partial charge >= 0.3 is 0 Å². The van der Waals surface area contributed by atoms with E-state index in [2.05, 4.69) is 51.8 Å². The quantitative estimate of drug-likeness (QED) is 0.778. The van der Waals surface area contributed by atoms with E-state index in [1.165, 1.54) is 32.2 Å². The van der Waals surface area contributed by atoms with Crippen LogP contribution in [0.1, 0.15) is 67.2 Å². The van der Waals surface area contributed by atoms with Crippen molar-refractivity contribution in [2.75, 3.05) is 13.1 Å². The minimum Gasteiger partial charge on any atom is -0.312 e. The molecule has 108 valence electrons. The third-order valence-electron chi connectivity index (χ3n) is 4.47. The summed E-state index contributed by atoms with van der Waals surface area (Å²) in [5, 5.41) is 3.79. The summed E-state index contributed by atoms with van der Waals surface area (Å²) in [6, 6.07) is 2.06. The van der Waals surface area contributed by atoms with Gasteiger partial charge in [-0.2, -0.15) is 0 Å². The molecule has 2 unspecified atom stereocenters. The van der Waals surface area contributed by atoms with Crippen molar-refractivity contribution in [3.63, 3.8) is 0 Å². The van der Waals surface area contributed by atoms with Gasteiger partial charge in [0, 0.05) is 18.1 Å². The average Bonchev–Trinajstić information content (AvgIpc) is 2.27. The minimum absolute atomic E-state index is 0.511. The van der Waals surface area contributed by atoms with E-state index >= 15 is 0 Å². The number of nitrogens with one attached hydrogen (secondary N) is 1. The standard InChI is InChI=1S/C16H34N2/c1-7-11-17-14-9-10-16(5,6)12-15(14)18(8-2)13(3)4/h13-15,17H,7-12H2,1-6H3. The lowest BCUT2D eigenvalue weighted by atomic mass is 9.72. The van der Waals surface area contributed by atoms with Crippen molar-refractivity contribution in [3.8, 4) is 0 Å². The second-order valence-corrected chi connectivity index (χ2v) is 6.96. The Hall–Kier alpha value is -0.0800. The van der Waals surface area contributed by atoms with E-state index in [1.807, 2.05) is 0 Å². The van der Waals surface area contributed by atoms with Crippen LogP contribution in [0.4, 0.5) is 0 Å². The summed E-state index contributed by atoms with van der Waals surface area (Å²) in [6.07, 6.45) is 5.27.